The summed E-state index contributed by atoms with van der Waals surface area (Å²) in [4.78, 5) is 0. The molecule has 0 bridgehead atoms. The van der Waals surface area contributed by atoms with Crippen LogP contribution in [0.5, 0.6) is 0 Å². The lowest BCUT2D eigenvalue weighted by atomic mass is 9.62. The summed E-state index contributed by atoms with van der Waals surface area (Å²) in [7, 11) is 0. The van der Waals surface area contributed by atoms with Crippen molar-refractivity contribution in [2.45, 2.75) is 90.9 Å². The first-order valence-electron chi connectivity index (χ1n) is 10.2. The molecule has 1 aliphatic carbocycles. The Morgan fingerprint density at radius 2 is 1.62 bits per heavy atom. The van der Waals surface area contributed by atoms with Crippen molar-refractivity contribution in [3.05, 3.63) is 35.4 Å². The third-order valence-corrected chi connectivity index (χ3v) is 6.02. The molecule has 24 heavy (non-hydrogen) atoms. The van der Waals surface area contributed by atoms with Gasteiger partial charge < -0.3 is 0 Å². The zero-order valence-corrected chi connectivity index (χ0v) is 15.8. The van der Waals surface area contributed by atoms with E-state index in [-0.39, 0.29) is 11.3 Å². The molecule has 1 aromatic rings. The summed E-state index contributed by atoms with van der Waals surface area (Å²) in [5, 5.41) is 9.95. The van der Waals surface area contributed by atoms with Gasteiger partial charge in [0.25, 0.3) is 0 Å². The molecule has 132 valence electrons. The van der Waals surface area contributed by atoms with Gasteiger partial charge in [0.2, 0.25) is 0 Å². The second-order valence-electron chi connectivity index (χ2n) is 7.83. The van der Waals surface area contributed by atoms with Crippen LogP contribution in [0.1, 0.15) is 89.2 Å². The molecule has 1 saturated carbocycles. The van der Waals surface area contributed by atoms with Gasteiger partial charge in [-0.15, -0.1) is 0 Å². The molecule has 0 aromatic heterocycles. The Kier molecular flexibility index (Phi) is 7.83. The van der Waals surface area contributed by atoms with Crippen molar-refractivity contribution in [1.82, 2.24) is 0 Å². The van der Waals surface area contributed by atoms with Crippen LogP contribution in [0, 0.1) is 22.7 Å². The van der Waals surface area contributed by atoms with E-state index in [0.717, 1.165) is 12.8 Å². The number of unbranched alkanes of at least 4 members (excludes halogenated alkanes) is 2. The molecule has 1 fully saturated rings. The summed E-state index contributed by atoms with van der Waals surface area (Å²) in [6.45, 7) is 4.50. The fourth-order valence-electron chi connectivity index (χ4n) is 4.52. The highest BCUT2D eigenvalue weighted by Crippen LogP contribution is 2.47. The summed E-state index contributed by atoms with van der Waals surface area (Å²) in [6.07, 6.45) is 15.0. The van der Waals surface area contributed by atoms with Gasteiger partial charge in [-0.2, -0.15) is 5.26 Å². The number of nitrogens with zero attached hydrogens (tertiary/aromatic N) is 1. The van der Waals surface area contributed by atoms with Crippen LogP contribution in [0.25, 0.3) is 0 Å². The summed E-state index contributed by atoms with van der Waals surface area (Å²) >= 11 is 0. The van der Waals surface area contributed by atoms with Gasteiger partial charge in [0.05, 0.1) is 12.0 Å². The van der Waals surface area contributed by atoms with Gasteiger partial charge in [-0.05, 0) is 48.6 Å². The molecule has 2 rings (SSSR count). The van der Waals surface area contributed by atoms with Gasteiger partial charge in [-0.25, -0.2) is 0 Å². The zero-order valence-electron chi connectivity index (χ0n) is 15.8. The molecular formula is C23H35N. The first kappa shape index (κ1) is 19.0. The highest BCUT2D eigenvalue weighted by molar-refractivity contribution is 5.24. The van der Waals surface area contributed by atoms with E-state index in [0.29, 0.717) is 0 Å². The van der Waals surface area contributed by atoms with E-state index in [2.05, 4.69) is 44.2 Å². The van der Waals surface area contributed by atoms with Crippen LogP contribution in [0.15, 0.2) is 24.3 Å². The predicted octanol–water partition coefficient (Wildman–Crippen LogP) is 6.85. The number of rotatable bonds is 9. The van der Waals surface area contributed by atoms with Gasteiger partial charge >= 0.3 is 0 Å². The van der Waals surface area contributed by atoms with Crippen LogP contribution in [0.4, 0.5) is 0 Å². The minimum atomic E-state index is 0.187. The predicted molar refractivity (Wildman–Crippen MR) is 103 cm³/mol. The van der Waals surface area contributed by atoms with E-state index in [9.17, 15) is 5.26 Å². The van der Waals surface area contributed by atoms with E-state index in [1.54, 1.807) is 0 Å². The number of benzene rings is 1. The van der Waals surface area contributed by atoms with Crippen LogP contribution in [0.3, 0.4) is 0 Å². The normalized spacial score (nSPS) is 18.0. The summed E-state index contributed by atoms with van der Waals surface area (Å²) in [5.41, 5.74) is 3.05. The maximum absolute atomic E-state index is 9.95. The van der Waals surface area contributed by atoms with Gasteiger partial charge in [0, 0.05) is 0 Å². The summed E-state index contributed by atoms with van der Waals surface area (Å²) in [6, 6.07) is 11.8. The number of hydrogen-bond acceptors (Lipinski definition) is 1. The van der Waals surface area contributed by atoms with Crippen molar-refractivity contribution in [3.63, 3.8) is 0 Å². The van der Waals surface area contributed by atoms with Crippen molar-refractivity contribution in [3.8, 4) is 6.07 Å². The molecule has 1 aliphatic rings. The van der Waals surface area contributed by atoms with E-state index in [1.807, 2.05) is 0 Å². The van der Waals surface area contributed by atoms with Crippen LogP contribution in [-0.2, 0) is 12.8 Å². The molecule has 1 unspecified atom stereocenters. The lowest BCUT2D eigenvalue weighted by molar-refractivity contribution is 0.111. The molecular weight excluding hydrogens is 290 g/mol. The fourth-order valence-corrected chi connectivity index (χ4v) is 4.52. The van der Waals surface area contributed by atoms with Crippen molar-refractivity contribution in [2.24, 2.45) is 11.3 Å². The SMILES string of the molecule is CCCCCC1(C(C#N)Cc2ccc(CCC)cc2)CCCCC1. The van der Waals surface area contributed by atoms with Gasteiger partial charge in [0.1, 0.15) is 0 Å². The molecule has 0 N–H and O–H groups in total. The zero-order chi connectivity index (χ0) is 17.3. The average molecular weight is 326 g/mol. The highest BCUT2D eigenvalue weighted by Gasteiger charge is 2.39. The smallest absolute Gasteiger partial charge is 0.0665 e. The third-order valence-electron chi connectivity index (χ3n) is 6.02. The van der Waals surface area contributed by atoms with E-state index in [4.69, 9.17) is 0 Å². The van der Waals surface area contributed by atoms with Gasteiger partial charge in [-0.1, -0.05) is 83.1 Å². The Balaban J connectivity index is 2.08. The molecule has 1 nitrogen and oxygen atoms in total. The maximum atomic E-state index is 9.95. The van der Waals surface area contributed by atoms with E-state index >= 15 is 0 Å². The maximum Gasteiger partial charge on any atom is 0.0665 e. The molecule has 1 aromatic carbocycles. The van der Waals surface area contributed by atoms with E-state index < -0.39 is 0 Å². The summed E-state index contributed by atoms with van der Waals surface area (Å²) < 4.78 is 0. The van der Waals surface area contributed by atoms with Gasteiger partial charge in [0.15, 0.2) is 0 Å². The lowest BCUT2D eigenvalue weighted by Gasteiger charge is -2.41. The highest BCUT2D eigenvalue weighted by atomic mass is 14.4. The van der Waals surface area contributed by atoms with Gasteiger partial charge in [-0.3, -0.25) is 0 Å². The molecule has 1 atom stereocenters. The number of nitriles is 1. The fraction of sp³-hybridized carbons (Fsp3) is 0.696. The van der Waals surface area contributed by atoms with Crippen molar-refractivity contribution in [1.29, 1.82) is 5.26 Å². The third kappa shape index (κ3) is 5.10. The van der Waals surface area contributed by atoms with Crippen molar-refractivity contribution in [2.75, 3.05) is 0 Å². The molecule has 0 spiro atoms. The lowest BCUT2D eigenvalue weighted by Crippen LogP contribution is -2.33. The first-order chi connectivity index (χ1) is 11.7. The van der Waals surface area contributed by atoms with Crippen molar-refractivity contribution >= 4 is 0 Å². The van der Waals surface area contributed by atoms with E-state index in [1.165, 1.54) is 75.3 Å². The standard InChI is InChI=1S/C23H35N/c1-3-5-7-15-23(16-8-6-9-17-23)22(19-24)18-21-13-11-20(10-4-2)12-14-21/h11-14,22H,3-10,15-18H2,1-2H3. The Labute approximate surface area is 149 Å². The van der Waals surface area contributed by atoms with Crippen LogP contribution < -0.4 is 0 Å². The Hall–Kier alpha value is -1.29. The molecule has 0 radical (unpaired) electrons. The largest absolute Gasteiger partial charge is 0.198 e. The Morgan fingerprint density at radius 3 is 2.21 bits per heavy atom. The Morgan fingerprint density at radius 1 is 0.958 bits per heavy atom. The first-order valence-corrected chi connectivity index (χ1v) is 10.2. The quantitative estimate of drug-likeness (QED) is 0.455. The monoisotopic (exact) mass is 325 g/mol. The Bertz CT molecular complexity index is 502. The number of aryl methyl sites for hydroxylation is 1. The average Bonchev–Trinajstić information content (AvgIpc) is 2.62. The van der Waals surface area contributed by atoms with Crippen LogP contribution in [-0.4, -0.2) is 0 Å². The van der Waals surface area contributed by atoms with Crippen LogP contribution in [0.2, 0.25) is 0 Å². The topological polar surface area (TPSA) is 23.8 Å². The molecule has 0 heterocycles. The molecule has 1 heteroatoms. The van der Waals surface area contributed by atoms with Crippen molar-refractivity contribution < 1.29 is 0 Å². The molecule has 0 aliphatic heterocycles. The molecule has 0 amide bonds. The summed E-state index contributed by atoms with van der Waals surface area (Å²) in [5.74, 6) is 0.187. The second-order valence-corrected chi connectivity index (χ2v) is 7.83. The second kappa shape index (κ2) is 9.87. The minimum Gasteiger partial charge on any atom is -0.198 e. The minimum absolute atomic E-state index is 0.187. The number of hydrogen-bond donors (Lipinski definition) is 0. The van der Waals surface area contributed by atoms with Crippen LogP contribution >= 0.6 is 0 Å². The molecule has 0 saturated heterocycles.